The van der Waals surface area contributed by atoms with Crippen molar-refractivity contribution in [3.05, 3.63) is 48.0 Å². The van der Waals surface area contributed by atoms with Crippen molar-refractivity contribution >= 4 is 16.9 Å². The van der Waals surface area contributed by atoms with Gasteiger partial charge in [0.25, 0.3) is 0 Å². The average molecular weight is 311 g/mol. The zero-order chi connectivity index (χ0) is 15.6. The van der Waals surface area contributed by atoms with Crippen LogP contribution in [0.2, 0.25) is 0 Å². The highest BCUT2D eigenvalue weighted by Gasteiger charge is 2.40. The molecule has 4 nitrogen and oxygen atoms in total. The molecule has 1 amide bonds. The number of fused-ring (bicyclic) bond motifs is 3. The molecule has 0 aliphatic carbocycles. The molecule has 2 aliphatic heterocycles. The molecular weight excluding hydrogens is 290 g/mol. The first-order chi connectivity index (χ1) is 11.3. The summed E-state index contributed by atoms with van der Waals surface area (Å²) in [6.45, 7) is 0.278. The number of nitrogens with zero attached hydrogens (tertiary/aromatic N) is 1. The molecule has 4 rings (SSSR count). The van der Waals surface area contributed by atoms with E-state index >= 15 is 0 Å². The van der Waals surface area contributed by atoms with Crippen LogP contribution in [0.5, 0.6) is 0 Å². The molecule has 2 aromatic carbocycles. The predicted octanol–water partition coefficient (Wildman–Crippen LogP) is 4.42. The van der Waals surface area contributed by atoms with Crippen LogP contribution in [0.25, 0.3) is 10.8 Å². The highest BCUT2D eigenvalue weighted by molar-refractivity contribution is 5.82. The fourth-order valence-corrected chi connectivity index (χ4v) is 3.93. The molecule has 0 saturated carbocycles. The lowest BCUT2D eigenvalue weighted by atomic mass is 10.0. The highest BCUT2D eigenvalue weighted by atomic mass is 17.2. The van der Waals surface area contributed by atoms with Gasteiger partial charge in [0, 0.05) is 12.1 Å². The van der Waals surface area contributed by atoms with Gasteiger partial charge < -0.3 is 0 Å². The van der Waals surface area contributed by atoms with Gasteiger partial charge in [-0.2, -0.15) is 4.89 Å². The molecule has 2 aliphatic rings. The first kappa shape index (κ1) is 14.5. The SMILES string of the molecule is O=C(OOCc1ccc2ccccc2c1)N1C2CCCC1CC2. The molecule has 2 fully saturated rings. The van der Waals surface area contributed by atoms with E-state index in [0.717, 1.165) is 36.6 Å². The second-order valence-electron chi connectivity index (χ2n) is 6.52. The molecule has 2 heterocycles. The van der Waals surface area contributed by atoms with Gasteiger partial charge in [0.15, 0.2) is 0 Å². The summed E-state index contributed by atoms with van der Waals surface area (Å²) in [7, 11) is 0. The van der Waals surface area contributed by atoms with Crippen LogP contribution >= 0.6 is 0 Å². The lowest BCUT2D eigenvalue weighted by Crippen LogP contribution is -2.44. The Morgan fingerprint density at radius 3 is 2.52 bits per heavy atom. The molecule has 0 spiro atoms. The van der Waals surface area contributed by atoms with E-state index in [4.69, 9.17) is 9.78 Å². The van der Waals surface area contributed by atoms with E-state index in [-0.39, 0.29) is 12.7 Å². The third-order valence-corrected chi connectivity index (χ3v) is 5.08. The molecule has 2 saturated heterocycles. The summed E-state index contributed by atoms with van der Waals surface area (Å²) in [4.78, 5) is 24.4. The number of rotatable bonds is 3. The number of piperidine rings is 1. The molecule has 2 aromatic rings. The maximum absolute atomic E-state index is 12.2. The van der Waals surface area contributed by atoms with Crippen molar-refractivity contribution in [2.45, 2.75) is 50.8 Å². The van der Waals surface area contributed by atoms with Gasteiger partial charge in [-0.1, -0.05) is 36.4 Å². The Kier molecular flexibility index (Phi) is 3.92. The maximum atomic E-state index is 12.2. The van der Waals surface area contributed by atoms with Crippen LogP contribution in [0.4, 0.5) is 4.79 Å². The van der Waals surface area contributed by atoms with Gasteiger partial charge in [0.05, 0.1) is 0 Å². The monoisotopic (exact) mass is 311 g/mol. The molecule has 0 N–H and O–H groups in total. The minimum Gasteiger partial charge on any atom is -0.300 e. The fourth-order valence-electron chi connectivity index (χ4n) is 3.93. The third-order valence-electron chi connectivity index (χ3n) is 5.08. The van der Waals surface area contributed by atoms with Crippen molar-refractivity contribution in [2.24, 2.45) is 0 Å². The largest absolute Gasteiger partial charge is 0.441 e. The zero-order valence-electron chi connectivity index (χ0n) is 13.1. The molecule has 0 radical (unpaired) electrons. The standard InChI is InChI=1S/C19H21NO3/c21-19(20-17-6-3-7-18(20)11-10-17)23-22-13-14-8-9-15-4-1-2-5-16(15)12-14/h1-2,4-5,8-9,12,17-18H,3,6-7,10-11,13H2. The first-order valence-corrected chi connectivity index (χ1v) is 8.41. The van der Waals surface area contributed by atoms with E-state index in [1.54, 1.807) is 0 Å². The number of benzene rings is 2. The number of carbonyl (C=O) groups is 1. The smallest absolute Gasteiger partial charge is 0.300 e. The van der Waals surface area contributed by atoms with E-state index in [2.05, 4.69) is 24.3 Å². The average Bonchev–Trinajstić information content (AvgIpc) is 2.84. The summed E-state index contributed by atoms with van der Waals surface area (Å²) in [5.41, 5.74) is 0.998. The van der Waals surface area contributed by atoms with E-state index in [1.165, 1.54) is 11.8 Å². The predicted molar refractivity (Wildman–Crippen MR) is 87.7 cm³/mol. The Hall–Kier alpha value is -2.07. The molecule has 2 bridgehead atoms. The Morgan fingerprint density at radius 1 is 1.00 bits per heavy atom. The topological polar surface area (TPSA) is 38.8 Å². The summed E-state index contributed by atoms with van der Waals surface area (Å²) < 4.78 is 0. The summed E-state index contributed by atoms with van der Waals surface area (Å²) in [6.07, 6.45) is 5.29. The molecule has 23 heavy (non-hydrogen) atoms. The van der Waals surface area contributed by atoms with Crippen molar-refractivity contribution < 1.29 is 14.6 Å². The van der Waals surface area contributed by atoms with Gasteiger partial charge >= 0.3 is 6.09 Å². The van der Waals surface area contributed by atoms with Crippen LogP contribution in [0.3, 0.4) is 0 Å². The van der Waals surface area contributed by atoms with E-state index < -0.39 is 0 Å². The molecule has 2 atom stereocenters. The highest BCUT2D eigenvalue weighted by Crippen LogP contribution is 2.35. The van der Waals surface area contributed by atoms with Crippen LogP contribution in [0.1, 0.15) is 37.7 Å². The minimum absolute atomic E-state index is 0.278. The lowest BCUT2D eigenvalue weighted by molar-refractivity contribution is -0.257. The molecule has 120 valence electrons. The van der Waals surface area contributed by atoms with Crippen LogP contribution in [-0.4, -0.2) is 23.1 Å². The number of hydrogen-bond acceptors (Lipinski definition) is 3. The Labute approximate surface area is 135 Å². The van der Waals surface area contributed by atoms with Gasteiger partial charge in [-0.3, -0.25) is 9.79 Å². The second-order valence-corrected chi connectivity index (χ2v) is 6.52. The number of hydrogen-bond donors (Lipinski definition) is 0. The molecule has 0 aromatic heterocycles. The van der Waals surface area contributed by atoms with Gasteiger partial charge in [0.2, 0.25) is 0 Å². The van der Waals surface area contributed by atoms with Crippen LogP contribution in [0.15, 0.2) is 42.5 Å². The summed E-state index contributed by atoms with van der Waals surface area (Å²) in [6, 6.07) is 15.0. The summed E-state index contributed by atoms with van der Waals surface area (Å²) >= 11 is 0. The van der Waals surface area contributed by atoms with Crippen molar-refractivity contribution in [3.8, 4) is 0 Å². The van der Waals surface area contributed by atoms with Gasteiger partial charge in [-0.15, -0.1) is 0 Å². The quantitative estimate of drug-likeness (QED) is 0.622. The lowest BCUT2D eigenvalue weighted by Gasteiger charge is -2.32. The molecule has 2 unspecified atom stereocenters. The van der Waals surface area contributed by atoms with Crippen molar-refractivity contribution in [2.75, 3.05) is 0 Å². The maximum Gasteiger partial charge on any atom is 0.441 e. The van der Waals surface area contributed by atoms with Crippen LogP contribution in [0, 0.1) is 0 Å². The van der Waals surface area contributed by atoms with Crippen LogP contribution < -0.4 is 0 Å². The Balaban J connectivity index is 1.35. The van der Waals surface area contributed by atoms with Gasteiger partial charge in [-0.05, 0) is 54.5 Å². The van der Waals surface area contributed by atoms with Crippen molar-refractivity contribution in [1.82, 2.24) is 4.90 Å². The van der Waals surface area contributed by atoms with Gasteiger partial charge in [0.1, 0.15) is 6.61 Å². The second kappa shape index (κ2) is 6.20. The van der Waals surface area contributed by atoms with Gasteiger partial charge in [-0.25, -0.2) is 4.79 Å². The zero-order valence-corrected chi connectivity index (χ0v) is 13.1. The molecular formula is C19H21NO3. The fraction of sp³-hybridized carbons (Fsp3) is 0.421. The Bertz CT molecular complexity index is 699. The van der Waals surface area contributed by atoms with E-state index in [0.29, 0.717) is 12.1 Å². The van der Waals surface area contributed by atoms with Crippen molar-refractivity contribution in [1.29, 1.82) is 0 Å². The first-order valence-electron chi connectivity index (χ1n) is 8.41. The normalized spacial score (nSPS) is 23.2. The summed E-state index contributed by atoms with van der Waals surface area (Å²) in [5.74, 6) is 0. The summed E-state index contributed by atoms with van der Waals surface area (Å²) in [5, 5.41) is 2.35. The minimum atomic E-state index is -0.321. The van der Waals surface area contributed by atoms with E-state index in [9.17, 15) is 4.79 Å². The van der Waals surface area contributed by atoms with E-state index in [1.807, 2.05) is 23.1 Å². The van der Waals surface area contributed by atoms with Crippen molar-refractivity contribution in [3.63, 3.8) is 0 Å². The molecule has 4 heteroatoms. The number of carbonyl (C=O) groups excluding carboxylic acids is 1. The third kappa shape index (κ3) is 2.91. The number of amides is 1. The Morgan fingerprint density at radius 2 is 1.74 bits per heavy atom. The van der Waals surface area contributed by atoms with Crippen LogP contribution in [-0.2, 0) is 16.4 Å².